The minimum Gasteiger partial charge on any atom is -0.405 e. The van der Waals surface area contributed by atoms with Crippen LogP contribution in [0, 0.1) is 11.8 Å². The monoisotopic (exact) mass is 543 g/mol. The normalized spacial score (nSPS) is 29.8. The van der Waals surface area contributed by atoms with E-state index in [-0.39, 0.29) is 23.6 Å². The summed E-state index contributed by atoms with van der Waals surface area (Å²) in [5.74, 6) is 0.796. The van der Waals surface area contributed by atoms with Crippen molar-refractivity contribution in [2.24, 2.45) is 11.8 Å². The summed E-state index contributed by atoms with van der Waals surface area (Å²) in [6, 6.07) is 15.9. The van der Waals surface area contributed by atoms with Crippen LogP contribution >= 0.6 is 0 Å². The van der Waals surface area contributed by atoms with Gasteiger partial charge in [0.2, 0.25) is 5.91 Å². The van der Waals surface area contributed by atoms with Crippen molar-refractivity contribution < 1.29 is 33.3 Å². The van der Waals surface area contributed by atoms with Gasteiger partial charge in [-0.2, -0.15) is 0 Å². The lowest BCUT2D eigenvalue weighted by Gasteiger charge is -2.47. The van der Waals surface area contributed by atoms with Crippen molar-refractivity contribution >= 4 is 5.91 Å². The number of rotatable bonds is 4. The molecular formula is C31H40F3N3O2+2. The molecule has 2 aromatic rings. The molecule has 1 saturated carbocycles. The topological polar surface area (TPSA) is 62.8 Å². The summed E-state index contributed by atoms with van der Waals surface area (Å²) in [7, 11) is 0. The number of piperidine rings is 1. The standard InChI is InChI=1S/C31H38F3N3O2/c32-31(33,34)39-28-13-7-12-25-24(28)17-35-19-30(25)20-36-18-26(30)29(38)37-15-14-23(21-8-3-1-4-9-21)16-27(37)22-10-5-2-6-11-22/h1,3-4,7-9,12-13,22-23,26-27,35-36H,2,5-6,10-11,14-20H2/p+2/t23-,26+,27+,30+/m1/s1. The molecule has 39 heavy (non-hydrogen) atoms. The summed E-state index contributed by atoms with van der Waals surface area (Å²) in [4.78, 5) is 16.8. The van der Waals surface area contributed by atoms with Crippen LogP contribution in [0.1, 0.15) is 67.6 Å². The van der Waals surface area contributed by atoms with Crippen LogP contribution < -0.4 is 15.4 Å². The van der Waals surface area contributed by atoms with E-state index >= 15 is 0 Å². The molecule has 1 amide bonds. The molecule has 3 fully saturated rings. The fourth-order valence-corrected chi connectivity index (χ4v) is 8.25. The Kier molecular flexibility index (Phi) is 7.35. The van der Waals surface area contributed by atoms with Gasteiger partial charge in [0.05, 0.1) is 25.2 Å². The number of halogens is 3. The van der Waals surface area contributed by atoms with Gasteiger partial charge >= 0.3 is 6.36 Å². The molecule has 3 heterocycles. The van der Waals surface area contributed by atoms with Gasteiger partial charge in [-0.05, 0) is 54.7 Å². The number of nitrogens with two attached hydrogens (primary N) is 2. The van der Waals surface area contributed by atoms with E-state index in [9.17, 15) is 18.0 Å². The van der Waals surface area contributed by atoms with E-state index in [0.717, 1.165) is 24.9 Å². The molecule has 5 nitrogen and oxygen atoms in total. The minimum atomic E-state index is -4.74. The average molecular weight is 544 g/mol. The lowest BCUT2D eigenvalue weighted by atomic mass is 9.67. The van der Waals surface area contributed by atoms with Gasteiger partial charge in [0.15, 0.2) is 0 Å². The molecule has 0 bridgehead atoms. The summed E-state index contributed by atoms with van der Waals surface area (Å²) < 4.78 is 44.0. The number of ether oxygens (including phenoxy) is 1. The van der Waals surface area contributed by atoms with Gasteiger partial charge in [-0.25, -0.2) is 0 Å². The highest BCUT2D eigenvalue weighted by Crippen LogP contribution is 2.44. The molecule has 6 rings (SSSR count). The highest BCUT2D eigenvalue weighted by Gasteiger charge is 2.57. The predicted octanol–water partition coefficient (Wildman–Crippen LogP) is 3.45. The second-order valence-electron chi connectivity index (χ2n) is 12.1. The molecule has 4 aliphatic rings. The molecule has 0 unspecified atom stereocenters. The van der Waals surface area contributed by atoms with Crippen LogP contribution in [0.15, 0.2) is 48.5 Å². The van der Waals surface area contributed by atoms with E-state index < -0.39 is 11.8 Å². The van der Waals surface area contributed by atoms with Gasteiger partial charge < -0.3 is 20.3 Å². The number of amides is 1. The molecule has 0 aromatic heterocycles. The zero-order valence-electron chi connectivity index (χ0n) is 22.5. The second-order valence-corrected chi connectivity index (χ2v) is 12.1. The number of hydrogen-bond donors (Lipinski definition) is 2. The Labute approximate surface area is 228 Å². The molecule has 1 aliphatic carbocycles. The van der Waals surface area contributed by atoms with Gasteiger partial charge in [0, 0.05) is 12.6 Å². The van der Waals surface area contributed by atoms with E-state index in [0.29, 0.717) is 43.6 Å². The first kappa shape index (κ1) is 26.6. The van der Waals surface area contributed by atoms with E-state index in [1.54, 1.807) is 6.07 Å². The number of benzene rings is 2. The second kappa shape index (κ2) is 10.8. The lowest BCUT2D eigenvalue weighted by Crippen LogP contribution is -2.91. The molecule has 0 radical (unpaired) electrons. The van der Waals surface area contributed by atoms with E-state index in [4.69, 9.17) is 0 Å². The highest BCUT2D eigenvalue weighted by atomic mass is 19.4. The molecule has 2 aromatic carbocycles. The first-order chi connectivity index (χ1) is 18.9. The quantitative estimate of drug-likeness (QED) is 0.621. The number of fused-ring (bicyclic) bond motifs is 2. The SMILES string of the molecule is O=C([C@@H]1C[NH2+]C[C@]12C[NH2+]Cc1c(OC(F)(F)F)cccc12)N1CC[C@@H](c2ccccc2)C[C@H]1C1CCCCC1. The van der Waals surface area contributed by atoms with Crippen molar-refractivity contribution in [2.75, 3.05) is 26.2 Å². The van der Waals surface area contributed by atoms with Crippen molar-refractivity contribution in [3.63, 3.8) is 0 Å². The zero-order chi connectivity index (χ0) is 27.0. The maximum atomic E-state index is 14.6. The average Bonchev–Trinajstić information content (AvgIpc) is 3.37. The van der Waals surface area contributed by atoms with E-state index in [1.165, 1.54) is 43.7 Å². The van der Waals surface area contributed by atoms with Gasteiger partial charge in [-0.1, -0.05) is 61.7 Å². The Bertz CT molecular complexity index is 1170. The molecule has 4 atom stereocenters. The number of carbonyl (C=O) groups excluding carboxylic acids is 1. The summed E-state index contributed by atoms with van der Waals surface area (Å²) >= 11 is 0. The van der Waals surface area contributed by atoms with Crippen LogP contribution in [-0.4, -0.2) is 49.4 Å². The minimum absolute atomic E-state index is 0.128. The molecule has 4 N–H and O–H groups in total. The summed E-state index contributed by atoms with van der Waals surface area (Å²) in [5.41, 5.74) is 2.32. The molecule has 8 heteroatoms. The molecule has 1 spiro atoms. The van der Waals surface area contributed by atoms with Crippen LogP contribution in [0.2, 0.25) is 0 Å². The van der Waals surface area contributed by atoms with Crippen LogP contribution in [0.3, 0.4) is 0 Å². The van der Waals surface area contributed by atoms with Crippen molar-refractivity contribution in [1.29, 1.82) is 0 Å². The third kappa shape index (κ3) is 5.18. The van der Waals surface area contributed by atoms with Crippen molar-refractivity contribution in [1.82, 2.24) is 4.90 Å². The number of alkyl halides is 3. The third-order valence-corrected chi connectivity index (χ3v) is 10.0. The lowest BCUT2D eigenvalue weighted by molar-refractivity contribution is -0.691. The van der Waals surface area contributed by atoms with Crippen LogP contribution in [0.4, 0.5) is 13.2 Å². The summed E-state index contributed by atoms with van der Waals surface area (Å²) in [5, 5.41) is 4.25. The number of nitrogens with zero attached hydrogens (tertiary/aromatic N) is 1. The predicted molar refractivity (Wildman–Crippen MR) is 141 cm³/mol. The van der Waals surface area contributed by atoms with Crippen molar-refractivity contribution in [3.05, 3.63) is 65.2 Å². The number of hydrogen-bond acceptors (Lipinski definition) is 2. The van der Waals surface area contributed by atoms with Gasteiger partial charge in [-0.15, -0.1) is 13.2 Å². The van der Waals surface area contributed by atoms with E-state index in [2.05, 4.69) is 50.6 Å². The van der Waals surface area contributed by atoms with Crippen LogP contribution in [0.25, 0.3) is 0 Å². The van der Waals surface area contributed by atoms with Gasteiger partial charge in [0.25, 0.3) is 0 Å². The Morgan fingerprint density at radius 1 is 0.949 bits per heavy atom. The first-order valence-electron chi connectivity index (χ1n) is 14.7. The van der Waals surface area contributed by atoms with Crippen LogP contribution in [0.5, 0.6) is 5.75 Å². The van der Waals surface area contributed by atoms with Crippen LogP contribution in [-0.2, 0) is 16.8 Å². The largest absolute Gasteiger partial charge is 0.573 e. The number of quaternary nitrogens is 2. The molecule has 210 valence electrons. The van der Waals surface area contributed by atoms with E-state index in [1.807, 2.05) is 6.07 Å². The number of likely N-dealkylation sites (tertiary alicyclic amines) is 1. The fraction of sp³-hybridized carbons (Fsp3) is 0.581. The van der Waals surface area contributed by atoms with Crippen molar-refractivity contribution in [2.45, 2.75) is 75.2 Å². The maximum Gasteiger partial charge on any atom is 0.573 e. The summed E-state index contributed by atoms with van der Waals surface area (Å²) in [6.07, 6.45) is 3.28. The molecular weight excluding hydrogens is 503 g/mol. The highest BCUT2D eigenvalue weighted by molar-refractivity contribution is 5.82. The zero-order valence-corrected chi connectivity index (χ0v) is 22.5. The Morgan fingerprint density at radius 3 is 2.49 bits per heavy atom. The fourth-order valence-electron chi connectivity index (χ4n) is 8.25. The summed E-state index contributed by atoms with van der Waals surface area (Å²) in [6.45, 7) is 3.26. The first-order valence-corrected chi connectivity index (χ1v) is 14.7. The van der Waals surface area contributed by atoms with Crippen molar-refractivity contribution in [3.8, 4) is 5.75 Å². The van der Waals surface area contributed by atoms with Gasteiger partial charge in [-0.3, -0.25) is 4.79 Å². The smallest absolute Gasteiger partial charge is 0.405 e. The molecule has 2 saturated heterocycles. The Morgan fingerprint density at radius 2 is 1.72 bits per heavy atom. The third-order valence-electron chi connectivity index (χ3n) is 10.0. The Balaban J connectivity index is 1.31. The number of carbonyl (C=O) groups is 1. The van der Waals surface area contributed by atoms with Gasteiger partial charge in [0.1, 0.15) is 23.6 Å². The molecule has 3 aliphatic heterocycles. The Hall–Kier alpha value is -2.58. The maximum absolute atomic E-state index is 14.6.